The van der Waals surface area contributed by atoms with Gasteiger partial charge in [0, 0.05) is 8.95 Å². The molecule has 0 amide bonds. The Hall–Kier alpha value is -1.13. The minimum Gasteiger partial charge on any atom is -0.397 e. The largest absolute Gasteiger partial charge is 0.411 e. The van der Waals surface area contributed by atoms with Gasteiger partial charge in [-0.3, -0.25) is 0 Å². The van der Waals surface area contributed by atoms with E-state index in [0.717, 1.165) is 4.47 Å². The lowest BCUT2D eigenvalue weighted by atomic mass is 10.2. The molecule has 0 saturated heterocycles. The predicted molar refractivity (Wildman–Crippen MR) is 75.3 cm³/mol. The van der Waals surface area contributed by atoms with Crippen LogP contribution < -0.4 is 5.73 Å². The van der Waals surface area contributed by atoms with Gasteiger partial charge in [-0.25, -0.2) is 0 Å². The van der Waals surface area contributed by atoms with Gasteiger partial charge in [-0.2, -0.15) is 18.2 Å². The van der Waals surface area contributed by atoms with Crippen molar-refractivity contribution in [1.82, 2.24) is 10.1 Å². The molecule has 1 aromatic heterocycles. The average Bonchev–Trinajstić information content (AvgIpc) is 2.80. The highest BCUT2D eigenvalue weighted by atomic mass is 79.9. The first kappa shape index (κ1) is 16.2. The molecule has 0 aliphatic rings. The smallest absolute Gasteiger partial charge is 0.397 e. The van der Waals surface area contributed by atoms with Gasteiger partial charge < -0.3 is 15.0 Å². The molecular weight excluding hydrogens is 423 g/mol. The summed E-state index contributed by atoms with van der Waals surface area (Å²) < 4.78 is 46.6. The van der Waals surface area contributed by atoms with Crippen LogP contribution in [0.25, 0.3) is 11.5 Å². The van der Waals surface area contributed by atoms with E-state index in [1.54, 1.807) is 12.1 Å². The predicted octanol–water partition coefficient (Wildman–Crippen LogP) is 3.92. The zero-order chi connectivity index (χ0) is 15.6. The number of benzene rings is 1. The van der Waals surface area contributed by atoms with Gasteiger partial charge in [0.05, 0.1) is 11.3 Å². The number of nitrogens with zero attached hydrogens (tertiary/aromatic N) is 2. The third-order valence-corrected chi connectivity index (χ3v) is 3.40. The molecular formula is C11H8Br2F3N3O2. The molecule has 2 rings (SSSR count). The summed E-state index contributed by atoms with van der Waals surface area (Å²) in [5.74, 6) is 0.102. The van der Waals surface area contributed by atoms with E-state index < -0.39 is 19.4 Å². The van der Waals surface area contributed by atoms with Crippen LogP contribution in [0.2, 0.25) is 0 Å². The van der Waals surface area contributed by atoms with Crippen LogP contribution in [-0.2, 0) is 11.3 Å². The lowest BCUT2D eigenvalue weighted by Crippen LogP contribution is -2.16. The lowest BCUT2D eigenvalue weighted by Gasteiger charge is -2.05. The summed E-state index contributed by atoms with van der Waals surface area (Å²) in [6.07, 6.45) is -4.40. The summed E-state index contributed by atoms with van der Waals surface area (Å²) in [6.45, 7) is -1.78. The fourth-order valence-corrected chi connectivity index (χ4v) is 2.67. The number of aromatic nitrogens is 2. The van der Waals surface area contributed by atoms with E-state index in [1.807, 2.05) is 0 Å². The molecule has 0 unspecified atom stereocenters. The molecule has 0 aliphatic heterocycles. The molecule has 5 nitrogen and oxygen atoms in total. The minimum absolute atomic E-state index is 0.00440. The standard InChI is InChI=1S/C11H8Br2F3N3O2/c12-5-1-6(9(17)7(13)2-5)10-18-8(19-21-10)3-20-4-11(14,15)16/h1-2H,3-4,17H2. The van der Waals surface area contributed by atoms with Gasteiger partial charge >= 0.3 is 6.18 Å². The van der Waals surface area contributed by atoms with Crippen molar-refractivity contribution in [2.75, 3.05) is 12.3 Å². The Labute approximate surface area is 133 Å². The van der Waals surface area contributed by atoms with Crippen LogP contribution in [0.4, 0.5) is 18.9 Å². The Morgan fingerprint density at radius 3 is 2.67 bits per heavy atom. The second-order valence-electron chi connectivity index (χ2n) is 3.97. The van der Waals surface area contributed by atoms with E-state index in [4.69, 9.17) is 10.3 Å². The van der Waals surface area contributed by atoms with Crippen LogP contribution >= 0.6 is 31.9 Å². The maximum atomic E-state index is 12.0. The Bertz CT molecular complexity index is 646. The molecule has 0 fully saturated rings. The molecule has 0 aliphatic carbocycles. The monoisotopic (exact) mass is 429 g/mol. The number of ether oxygens (including phenoxy) is 1. The fourth-order valence-electron chi connectivity index (χ4n) is 1.44. The second-order valence-corrected chi connectivity index (χ2v) is 5.74. The van der Waals surface area contributed by atoms with Crippen LogP contribution in [0.3, 0.4) is 0 Å². The van der Waals surface area contributed by atoms with E-state index in [1.165, 1.54) is 0 Å². The van der Waals surface area contributed by atoms with Crippen molar-refractivity contribution < 1.29 is 22.4 Å². The highest BCUT2D eigenvalue weighted by Gasteiger charge is 2.27. The summed E-state index contributed by atoms with van der Waals surface area (Å²) in [4.78, 5) is 3.95. The van der Waals surface area contributed by atoms with Gasteiger partial charge in [-0.15, -0.1) is 0 Å². The maximum absolute atomic E-state index is 12.0. The van der Waals surface area contributed by atoms with E-state index in [9.17, 15) is 13.2 Å². The van der Waals surface area contributed by atoms with Crippen molar-refractivity contribution in [2.24, 2.45) is 0 Å². The van der Waals surface area contributed by atoms with Crippen LogP contribution in [0.15, 0.2) is 25.6 Å². The van der Waals surface area contributed by atoms with Crippen LogP contribution in [-0.4, -0.2) is 22.9 Å². The van der Waals surface area contributed by atoms with Crippen molar-refractivity contribution in [1.29, 1.82) is 0 Å². The molecule has 0 saturated carbocycles. The number of alkyl halides is 3. The summed E-state index contributed by atoms with van der Waals surface area (Å²) in [5, 5.41) is 3.55. The molecule has 2 aromatic rings. The zero-order valence-electron chi connectivity index (χ0n) is 10.2. The van der Waals surface area contributed by atoms with Crippen molar-refractivity contribution in [3.63, 3.8) is 0 Å². The van der Waals surface area contributed by atoms with Crippen molar-refractivity contribution in [3.8, 4) is 11.5 Å². The van der Waals surface area contributed by atoms with E-state index in [-0.39, 0.29) is 11.7 Å². The highest BCUT2D eigenvalue weighted by Crippen LogP contribution is 2.34. The maximum Gasteiger partial charge on any atom is 0.411 e. The minimum atomic E-state index is -4.40. The molecule has 0 radical (unpaired) electrons. The quantitative estimate of drug-likeness (QED) is 0.744. The van der Waals surface area contributed by atoms with Gasteiger partial charge in [-0.05, 0) is 28.1 Å². The van der Waals surface area contributed by atoms with Crippen molar-refractivity contribution in [2.45, 2.75) is 12.8 Å². The van der Waals surface area contributed by atoms with Gasteiger partial charge in [0.15, 0.2) is 5.82 Å². The highest BCUT2D eigenvalue weighted by molar-refractivity contribution is 9.11. The van der Waals surface area contributed by atoms with Crippen LogP contribution in [0.1, 0.15) is 5.82 Å². The number of rotatable bonds is 4. The van der Waals surface area contributed by atoms with Gasteiger partial charge in [0.25, 0.3) is 5.89 Å². The molecule has 0 atom stereocenters. The van der Waals surface area contributed by atoms with Gasteiger partial charge in [0.1, 0.15) is 13.2 Å². The Morgan fingerprint density at radius 1 is 1.29 bits per heavy atom. The van der Waals surface area contributed by atoms with E-state index >= 15 is 0 Å². The number of hydrogen-bond acceptors (Lipinski definition) is 5. The number of anilines is 1. The Kier molecular flexibility index (Phi) is 4.89. The van der Waals surface area contributed by atoms with Crippen LogP contribution in [0.5, 0.6) is 0 Å². The Morgan fingerprint density at radius 2 is 2.00 bits per heavy atom. The summed E-state index contributed by atoms with van der Waals surface area (Å²) in [6, 6.07) is 3.40. The zero-order valence-corrected chi connectivity index (χ0v) is 13.4. The number of nitrogens with two attached hydrogens (primary N) is 1. The Balaban J connectivity index is 2.13. The number of hydrogen-bond donors (Lipinski definition) is 1. The first-order valence-corrected chi connectivity index (χ1v) is 7.07. The first-order chi connectivity index (χ1) is 9.76. The molecule has 1 aromatic carbocycles. The summed E-state index contributed by atoms with van der Waals surface area (Å²) in [5.41, 5.74) is 6.72. The molecule has 21 heavy (non-hydrogen) atoms. The van der Waals surface area contributed by atoms with Crippen molar-refractivity contribution >= 4 is 37.5 Å². The average molecular weight is 431 g/mol. The summed E-state index contributed by atoms with van der Waals surface area (Å²) >= 11 is 6.56. The first-order valence-electron chi connectivity index (χ1n) is 5.48. The topological polar surface area (TPSA) is 74.2 Å². The number of halogens is 5. The van der Waals surface area contributed by atoms with Gasteiger partial charge in [0.2, 0.25) is 0 Å². The third-order valence-electron chi connectivity index (χ3n) is 2.29. The van der Waals surface area contributed by atoms with Crippen molar-refractivity contribution in [3.05, 3.63) is 26.9 Å². The lowest BCUT2D eigenvalue weighted by molar-refractivity contribution is -0.177. The molecule has 114 valence electrons. The molecule has 2 N–H and O–H groups in total. The normalized spacial score (nSPS) is 11.9. The molecule has 0 bridgehead atoms. The summed E-state index contributed by atoms with van der Waals surface area (Å²) in [7, 11) is 0. The second kappa shape index (κ2) is 6.32. The SMILES string of the molecule is Nc1c(Br)cc(Br)cc1-c1nc(COCC(F)(F)F)no1. The van der Waals surface area contributed by atoms with Gasteiger partial charge in [-0.1, -0.05) is 21.1 Å². The van der Waals surface area contributed by atoms with E-state index in [2.05, 4.69) is 46.7 Å². The third kappa shape index (κ3) is 4.42. The fraction of sp³-hybridized carbons (Fsp3) is 0.273. The molecule has 1 heterocycles. The number of nitrogen functional groups attached to an aromatic ring is 1. The molecule has 0 spiro atoms. The van der Waals surface area contributed by atoms with Crippen LogP contribution in [0, 0.1) is 0 Å². The van der Waals surface area contributed by atoms with E-state index in [0.29, 0.717) is 15.7 Å². The molecule has 10 heteroatoms.